The average Bonchev–Trinajstić information content (AvgIpc) is 2.80. The van der Waals surface area contributed by atoms with Crippen LogP contribution in [0.3, 0.4) is 0 Å². The first-order valence-corrected chi connectivity index (χ1v) is 6.95. The molecule has 19 heavy (non-hydrogen) atoms. The third-order valence-corrected chi connectivity index (χ3v) is 3.80. The molecule has 0 aromatic carbocycles. The first-order valence-electron chi connectivity index (χ1n) is 6.57. The van der Waals surface area contributed by atoms with Gasteiger partial charge in [0.25, 0.3) is 5.91 Å². The molecule has 2 aromatic heterocycles. The fraction of sp³-hybridized carbons (Fsp3) is 0.429. The van der Waals surface area contributed by atoms with Crippen LogP contribution in [0.5, 0.6) is 0 Å². The third kappa shape index (κ3) is 2.45. The fourth-order valence-electron chi connectivity index (χ4n) is 2.60. The maximum absolute atomic E-state index is 12.4. The molecule has 0 N–H and O–H groups in total. The minimum absolute atomic E-state index is 0.0198. The lowest BCUT2D eigenvalue weighted by molar-refractivity contribution is 0.0678. The average molecular weight is 278 g/mol. The van der Waals surface area contributed by atoms with Crippen LogP contribution in [-0.2, 0) is 0 Å². The smallest absolute Gasteiger partial charge is 0.274 e. The van der Waals surface area contributed by atoms with Gasteiger partial charge in [0.1, 0.15) is 11.3 Å². The molecule has 5 heteroatoms. The van der Waals surface area contributed by atoms with Crippen LogP contribution in [0.2, 0.25) is 5.02 Å². The number of piperidine rings is 1. The van der Waals surface area contributed by atoms with E-state index < -0.39 is 0 Å². The van der Waals surface area contributed by atoms with Gasteiger partial charge in [-0.15, -0.1) is 0 Å². The van der Waals surface area contributed by atoms with Crippen LogP contribution in [0, 0.1) is 5.92 Å². The molecule has 0 bridgehead atoms. The number of imidazole rings is 1. The lowest BCUT2D eigenvalue weighted by Gasteiger charge is -2.30. The summed E-state index contributed by atoms with van der Waals surface area (Å²) in [4.78, 5) is 18.7. The number of rotatable bonds is 1. The molecule has 0 spiro atoms. The zero-order chi connectivity index (χ0) is 13.4. The number of carbonyl (C=O) groups is 1. The Morgan fingerprint density at radius 3 is 3.05 bits per heavy atom. The molecule has 4 nitrogen and oxygen atoms in total. The van der Waals surface area contributed by atoms with Crippen molar-refractivity contribution in [2.75, 3.05) is 13.1 Å². The molecule has 0 radical (unpaired) electrons. The largest absolute Gasteiger partial charge is 0.337 e. The molecule has 1 fully saturated rings. The lowest BCUT2D eigenvalue weighted by atomic mass is 10.0. The van der Waals surface area contributed by atoms with Crippen LogP contribution in [0.1, 0.15) is 30.3 Å². The van der Waals surface area contributed by atoms with E-state index in [4.69, 9.17) is 11.6 Å². The molecule has 1 saturated heterocycles. The summed E-state index contributed by atoms with van der Waals surface area (Å²) in [7, 11) is 0. The summed E-state index contributed by atoms with van der Waals surface area (Å²) >= 11 is 5.93. The van der Waals surface area contributed by atoms with E-state index in [0.717, 1.165) is 25.2 Å². The summed E-state index contributed by atoms with van der Waals surface area (Å²) < 4.78 is 1.79. The van der Waals surface area contributed by atoms with E-state index in [1.807, 2.05) is 11.0 Å². The monoisotopic (exact) mass is 277 g/mol. The number of pyridine rings is 1. The predicted molar refractivity (Wildman–Crippen MR) is 74.5 cm³/mol. The number of hydrogen-bond donors (Lipinski definition) is 0. The van der Waals surface area contributed by atoms with Crippen molar-refractivity contribution in [3.05, 3.63) is 35.2 Å². The van der Waals surface area contributed by atoms with Gasteiger partial charge in [0.05, 0.1) is 5.02 Å². The van der Waals surface area contributed by atoms with Crippen LogP contribution in [0.15, 0.2) is 24.5 Å². The van der Waals surface area contributed by atoms with Crippen molar-refractivity contribution in [2.24, 2.45) is 5.92 Å². The van der Waals surface area contributed by atoms with E-state index >= 15 is 0 Å². The second-order valence-electron chi connectivity index (χ2n) is 5.24. The molecule has 0 unspecified atom stereocenters. The highest BCUT2D eigenvalue weighted by atomic mass is 35.5. The van der Waals surface area contributed by atoms with E-state index in [1.165, 1.54) is 6.42 Å². The van der Waals surface area contributed by atoms with Crippen molar-refractivity contribution in [3.8, 4) is 0 Å². The Morgan fingerprint density at radius 1 is 1.42 bits per heavy atom. The van der Waals surface area contributed by atoms with Gasteiger partial charge in [0.2, 0.25) is 0 Å². The van der Waals surface area contributed by atoms with Gasteiger partial charge in [0, 0.05) is 25.5 Å². The summed E-state index contributed by atoms with van der Waals surface area (Å²) in [6, 6.07) is 3.60. The molecule has 0 aliphatic carbocycles. The molecule has 3 rings (SSSR count). The minimum Gasteiger partial charge on any atom is -0.337 e. The number of hydrogen-bond acceptors (Lipinski definition) is 2. The Labute approximate surface area is 117 Å². The van der Waals surface area contributed by atoms with Gasteiger partial charge in [-0.3, -0.25) is 4.79 Å². The third-order valence-electron chi connectivity index (χ3n) is 3.58. The minimum atomic E-state index is 0.0198. The Balaban J connectivity index is 1.88. The maximum atomic E-state index is 12.4. The summed E-state index contributed by atoms with van der Waals surface area (Å²) in [6.45, 7) is 3.84. The normalized spacial score (nSPS) is 19.9. The molecule has 1 aliphatic rings. The van der Waals surface area contributed by atoms with Crippen LogP contribution < -0.4 is 0 Å². The molecule has 1 amide bonds. The van der Waals surface area contributed by atoms with Gasteiger partial charge in [-0.05, 0) is 30.9 Å². The SMILES string of the molecule is C[C@H]1CCCN(C(=O)c2cn3cc(Cl)ccc3n2)C1. The molecule has 1 atom stereocenters. The first kappa shape index (κ1) is 12.5. The second kappa shape index (κ2) is 4.85. The molecular formula is C14H16ClN3O. The molecule has 1 aliphatic heterocycles. The summed E-state index contributed by atoms with van der Waals surface area (Å²) in [5.74, 6) is 0.593. The Morgan fingerprint density at radius 2 is 2.26 bits per heavy atom. The van der Waals surface area contributed by atoms with Gasteiger partial charge < -0.3 is 9.30 Å². The van der Waals surface area contributed by atoms with E-state index in [9.17, 15) is 4.79 Å². The van der Waals surface area contributed by atoms with Crippen molar-refractivity contribution < 1.29 is 4.79 Å². The van der Waals surface area contributed by atoms with E-state index in [1.54, 1.807) is 22.9 Å². The van der Waals surface area contributed by atoms with E-state index in [0.29, 0.717) is 16.6 Å². The predicted octanol–water partition coefficient (Wildman–Crippen LogP) is 2.86. The molecule has 2 aromatic rings. The Bertz CT molecular complexity index is 622. The topological polar surface area (TPSA) is 37.6 Å². The number of amides is 1. The van der Waals surface area contributed by atoms with Gasteiger partial charge in [-0.25, -0.2) is 4.98 Å². The second-order valence-corrected chi connectivity index (χ2v) is 5.67. The fourth-order valence-corrected chi connectivity index (χ4v) is 2.77. The first-order chi connectivity index (χ1) is 9.13. The quantitative estimate of drug-likeness (QED) is 0.804. The van der Waals surface area contributed by atoms with Crippen molar-refractivity contribution in [3.63, 3.8) is 0 Å². The van der Waals surface area contributed by atoms with Crippen molar-refractivity contribution in [2.45, 2.75) is 19.8 Å². The van der Waals surface area contributed by atoms with Gasteiger partial charge >= 0.3 is 0 Å². The summed E-state index contributed by atoms with van der Waals surface area (Å²) in [5, 5.41) is 0.635. The Hall–Kier alpha value is -1.55. The number of fused-ring (bicyclic) bond motifs is 1. The number of likely N-dealkylation sites (tertiary alicyclic amines) is 1. The van der Waals surface area contributed by atoms with E-state index in [-0.39, 0.29) is 5.91 Å². The van der Waals surface area contributed by atoms with Gasteiger partial charge in [-0.2, -0.15) is 0 Å². The summed E-state index contributed by atoms with van der Waals surface area (Å²) in [6.07, 6.45) is 5.79. The highest BCUT2D eigenvalue weighted by Crippen LogP contribution is 2.18. The van der Waals surface area contributed by atoms with E-state index in [2.05, 4.69) is 11.9 Å². The van der Waals surface area contributed by atoms with Crippen molar-refractivity contribution >= 4 is 23.2 Å². The number of carbonyl (C=O) groups excluding carboxylic acids is 1. The number of aromatic nitrogens is 2. The van der Waals surface area contributed by atoms with Crippen LogP contribution >= 0.6 is 11.6 Å². The van der Waals surface area contributed by atoms with Crippen LogP contribution in [-0.4, -0.2) is 33.3 Å². The highest BCUT2D eigenvalue weighted by Gasteiger charge is 2.23. The van der Waals surface area contributed by atoms with Gasteiger partial charge in [-0.1, -0.05) is 18.5 Å². The van der Waals surface area contributed by atoms with Crippen LogP contribution in [0.4, 0.5) is 0 Å². The zero-order valence-electron chi connectivity index (χ0n) is 10.8. The van der Waals surface area contributed by atoms with Gasteiger partial charge in [0.15, 0.2) is 0 Å². The highest BCUT2D eigenvalue weighted by molar-refractivity contribution is 6.30. The lowest BCUT2D eigenvalue weighted by Crippen LogP contribution is -2.39. The molecule has 0 saturated carbocycles. The maximum Gasteiger partial charge on any atom is 0.274 e. The summed E-state index contributed by atoms with van der Waals surface area (Å²) in [5.41, 5.74) is 1.24. The molecular weight excluding hydrogens is 262 g/mol. The Kier molecular flexibility index (Phi) is 3.19. The molecule has 3 heterocycles. The zero-order valence-corrected chi connectivity index (χ0v) is 11.6. The molecule has 100 valence electrons. The van der Waals surface area contributed by atoms with Crippen molar-refractivity contribution in [1.29, 1.82) is 0 Å². The van der Waals surface area contributed by atoms with Crippen molar-refractivity contribution in [1.82, 2.24) is 14.3 Å². The standard InChI is InChI=1S/C14H16ClN3O/c1-10-3-2-6-17(7-10)14(19)12-9-18-8-11(15)4-5-13(18)16-12/h4-5,8-10H,2-3,6-7H2,1H3/t10-/m0/s1. The number of halogens is 1. The van der Waals surface area contributed by atoms with Crippen LogP contribution in [0.25, 0.3) is 5.65 Å². The number of nitrogens with zero attached hydrogens (tertiary/aromatic N) is 3.